The monoisotopic (exact) mass is 232 g/mol. The molecule has 0 aromatic heterocycles. The summed E-state index contributed by atoms with van der Waals surface area (Å²) in [5.41, 5.74) is 0. The minimum Gasteiger partial charge on any atom is -0.496 e. The summed E-state index contributed by atoms with van der Waals surface area (Å²) in [6.07, 6.45) is 0. The number of hydrogen-bond donors (Lipinski definition) is 0. The van der Waals surface area contributed by atoms with Crippen molar-refractivity contribution in [2.45, 2.75) is 6.92 Å². The maximum atomic E-state index is 5.52. The van der Waals surface area contributed by atoms with Crippen molar-refractivity contribution >= 4 is 10.8 Å². The first-order valence-electron chi connectivity index (χ1n) is 5.57. The number of rotatable bonds is 4. The molecule has 0 atom stereocenters. The maximum absolute atomic E-state index is 5.52. The van der Waals surface area contributed by atoms with E-state index in [4.69, 9.17) is 14.2 Å². The molecule has 2 aromatic rings. The van der Waals surface area contributed by atoms with Gasteiger partial charge in [0.1, 0.15) is 17.2 Å². The van der Waals surface area contributed by atoms with E-state index in [0.29, 0.717) is 6.61 Å². The van der Waals surface area contributed by atoms with Gasteiger partial charge >= 0.3 is 0 Å². The molecule has 0 aliphatic rings. The topological polar surface area (TPSA) is 27.7 Å². The summed E-state index contributed by atoms with van der Waals surface area (Å²) in [7, 11) is 3.32. The fourth-order valence-electron chi connectivity index (χ4n) is 1.90. The minimum absolute atomic E-state index is 0.629. The first kappa shape index (κ1) is 11.6. The van der Waals surface area contributed by atoms with E-state index in [-0.39, 0.29) is 0 Å². The zero-order chi connectivity index (χ0) is 12.3. The van der Waals surface area contributed by atoms with Gasteiger partial charge in [0.05, 0.1) is 20.8 Å². The highest BCUT2D eigenvalue weighted by molar-refractivity contribution is 5.94. The van der Waals surface area contributed by atoms with Gasteiger partial charge in [-0.2, -0.15) is 0 Å². The predicted octanol–water partition coefficient (Wildman–Crippen LogP) is 3.26. The van der Waals surface area contributed by atoms with Gasteiger partial charge in [0, 0.05) is 16.8 Å². The molecular weight excluding hydrogens is 216 g/mol. The van der Waals surface area contributed by atoms with Crippen molar-refractivity contribution in [3.63, 3.8) is 0 Å². The molecule has 0 N–H and O–H groups in total. The van der Waals surface area contributed by atoms with Gasteiger partial charge in [-0.3, -0.25) is 0 Å². The van der Waals surface area contributed by atoms with Crippen LogP contribution in [0.3, 0.4) is 0 Å². The molecular formula is C14H16O3. The molecule has 2 rings (SSSR count). The van der Waals surface area contributed by atoms with Crippen LogP contribution in [0.1, 0.15) is 6.92 Å². The van der Waals surface area contributed by atoms with Gasteiger partial charge in [-0.15, -0.1) is 0 Å². The summed E-state index contributed by atoms with van der Waals surface area (Å²) in [5, 5.41) is 2.02. The van der Waals surface area contributed by atoms with Crippen molar-refractivity contribution in [1.29, 1.82) is 0 Å². The van der Waals surface area contributed by atoms with E-state index >= 15 is 0 Å². The number of methoxy groups -OCH3 is 2. The highest BCUT2D eigenvalue weighted by Crippen LogP contribution is 2.36. The second kappa shape index (κ2) is 4.95. The third kappa shape index (κ3) is 2.13. The van der Waals surface area contributed by atoms with Gasteiger partial charge < -0.3 is 14.2 Å². The molecule has 0 aliphatic heterocycles. The number of ether oxygens (including phenoxy) is 3. The lowest BCUT2D eigenvalue weighted by Crippen LogP contribution is -1.94. The zero-order valence-corrected chi connectivity index (χ0v) is 10.3. The second-order valence-corrected chi connectivity index (χ2v) is 3.61. The normalized spacial score (nSPS) is 10.3. The van der Waals surface area contributed by atoms with Crippen LogP contribution in [0.15, 0.2) is 30.3 Å². The molecule has 17 heavy (non-hydrogen) atoms. The molecule has 0 heterocycles. The average Bonchev–Trinajstić information content (AvgIpc) is 2.37. The highest BCUT2D eigenvalue weighted by Gasteiger charge is 2.08. The summed E-state index contributed by atoms with van der Waals surface area (Å²) in [6, 6.07) is 9.75. The fraction of sp³-hybridized carbons (Fsp3) is 0.286. The molecule has 0 aliphatic carbocycles. The van der Waals surface area contributed by atoms with E-state index in [1.807, 2.05) is 37.3 Å². The Bertz CT molecular complexity index is 520. The van der Waals surface area contributed by atoms with Crippen LogP contribution in [0.2, 0.25) is 0 Å². The Morgan fingerprint density at radius 3 is 2.35 bits per heavy atom. The lowest BCUT2D eigenvalue weighted by molar-refractivity contribution is 0.337. The third-order valence-corrected chi connectivity index (χ3v) is 2.64. The number of benzene rings is 2. The molecule has 0 fully saturated rings. The van der Waals surface area contributed by atoms with Gasteiger partial charge in [-0.1, -0.05) is 12.1 Å². The molecule has 0 radical (unpaired) electrons. The quantitative estimate of drug-likeness (QED) is 0.809. The summed E-state index contributed by atoms with van der Waals surface area (Å²) in [4.78, 5) is 0. The van der Waals surface area contributed by atoms with Crippen LogP contribution >= 0.6 is 0 Å². The molecule has 0 amide bonds. The van der Waals surface area contributed by atoms with Crippen LogP contribution in [0.25, 0.3) is 10.8 Å². The number of fused-ring (bicyclic) bond motifs is 1. The van der Waals surface area contributed by atoms with Crippen LogP contribution in [-0.2, 0) is 0 Å². The van der Waals surface area contributed by atoms with E-state index in [1.54, 1.807) is 14.2 Å². The Kier molecular flexibility index (Phi) is 3.38. The van der Waals surface area contributed by atoms with Crippen LogP contribution in [0.5, 0.6) is 17.2 Å². The number of hydrogen-bond acceptors (Lipinski definition) is 3. The first-order valence-corrected chi connectivity index (χ1v) is 5.57. The third-order valence-electron chi connectivity index (χ3n) is 2.64. The van der Waals surface area contributed by atoms with Gasteiger partial charge in [-0.05, 0) is 19.1 Å². The molecule has 3 nitrogen and oxygen atoms in total. The largest absolute Gasteiger partial charge is 0.496 e. The van der Waals surface area contributed by atoms with Crippen LogP contribution < -0.4 is 14.2 Å². The van der Waals surface area contributed by atoms with Crippen molar-refractivity contribution in [2.24, 2.45) is 0 Å². The Balaban J connectivity index is 2.68. The van der Waals surface area contributed by atoms with Crippen LogP contribution in [0.4, 0.5) is 0 Å². The minimum atomic E-state index is 0.629. The second-order valence-electron chi connectivity index (χ2n) is 3.61. The van der Waals surface area contributed by atoms with Crippen molar-refractivity contribution in [3.8, 4) is 17.2 Å². The van der Waals surface area contributed by atoms with E-state index in [0.717, 1.165) is 28.0 Å². The van der Waals surface area contributed by atoms with Crippen molar-refractivity contribution in [1.82, 2.24) is 0 Å². The Morgan fingerprint density at radius 1 is 0.941 bits per heavy atom. The molecule has 2 aromatic carbocycles. The Hall–Kier alpha value is -1.90. The summed E-state index contributed by atoms with van der Waals surface area (Å²) in [6.45, 7) is 2.59. The first-order chi connectivity index (χ1) is 8.30. The van der Waals surface area contributed by atoms with E-state index < -0.39 is 0 Å². The SMILES string of the molecule is CCOc1cc(OC)c2cccc(OC)c2c1. The lowest BCUT2D eigenvalue weighted by atomic mass is 10.1. The van der Waals surface area contributed by atoms with Crippen LogP contribution in [-0.4, -0.2) is 20.8 Å². The molecule has 0 spiro atoms. The smallest absolute Gasteiger partial charge is 0.130 e. The van der Waals surface area contributed by atoms with E-state index in [1.165, 1.54) is 0 Å². The summed E-state index contributed by atoms with van der Waals surface area (Å²) >= 11 is 0. The molecule has 0 saturated carbocycles. The average molecular weight is 232 g/mol. The summed E-state index contributed by atoms with van der Waals surface area (Å²) in [5.74, 6) is 2.41. The zero-order valence-electron chi connectivity index (χ0n) is 10.3. The Morgan fingerprint density at radius 2 is 1.71 bits per heavy atom. The van der Waals surface area contributed by atoms with Gasteiger partial charge in [0.2, 0.25) is 0 Å². The van der Waals surface area contributed by atoms with Crippen LogP contribution in [0, 0.1) is 0 Å². The van der Waals surface area contributed by atoms with Gasteiger partial charge in [0.15, 0.2) is 0 Å². The van der Waals surface area contributed by atoms with E-state index in [2.05, 4.69) is 0 Å². The standard InChI is InChI=1S/C14H16O3/c1-4-17-10-8-12-11(14(9-10)16-3)6-5-7-13(12)15-2/h5-9H,4H2,1-3H3. The van der Waals surface area contributed by atoms with Crippen molar-refractivity contribution in [3.05, 3.63) is 30.3 Å². The van der Waals surface area contributed by atoms with E-state index in [9.17, 15) is 0 Å². The molecule has 0 unspecified atom stereocenters. The predicted molar refractivity (Wildman–Crippen MR) is 68.2 cm³/mol. The molecule has 0 bridgehead atoms. The highest BCUT2D eigenvalue weighted by atomic mass is 16.5. The molecule has 90 valence electrons. The van der Waals surface area contributed by atoms with Gasteiger partial charge in [0.25, 0.3) is 0 Å². The summed E-state index contributed by atoms with van der Waals surface area (Å²) < 4.78 is 16.2. The Labute approximate surface area is 101 Å². The van der Waals surface area contributed by atoms with Crippen molar-refractivity contribution < 1.29 is 14.2 Å². The maximum Gasteiger partial charge on any atom is 0.130 e. The van der Waals surface area contributed by atoms with Crippen molar-refractivity contribution in [2.75, 3.05) is 20.8 Å². The molecule has 3 heteroatoms. The lowest BCUT2D eigenvalue weighted by Gasteiger charge is -2.12. The fourth-order valence-corrected chi connectivity index (χ4v) is 1.90. The van der Waals surface area contributed by atoms with Gasteiger partial charge in [-0.25, -0.2) is 0 Å². The molecule has 0 saturated heterocycles.